The molecule has 1 atom stereocenters. The Balaban J connectivity index is 2.60. The smallest absolute Gasteiger partial charge is 0.291 e. The molecule has 0 amide bonds. The summed E-state index contributed by atoms with van der Waals surface area (Å²) in [6, 6.07) is 4.36. The van der Waals surface area contributed by atoms with Gasteiger partial charge in [-0.1, -0.05) is 12.1 Å². The first-order chi connectivity index (χ1) is 7.80. The first kappa shape index (κ1) is 13.8. The van der Waals surface area contributed by atoms with Crippen LogP contribution in [-0.2, 0) is 15.3 Å². The maximum atomic E-state index is 12.7. The summed E-state index contributed by atoms with van der Waals surface area (Å²) < 4.78 is 62.2. The Bertz CT molecular complexity index is 444. The molecule has 0 aromatic heterocycles. The van der Waals surface area contributed by atoms with Crippen LogP contribution >= 0.6 is 0 Å². The second-order valence-electron chi connectivity index (χ2n) is 2.88. The molecule has 1 unspecified atom stereocenters. The molecule has 3 nitrogen and oxygen atoms in total. The number of carbonyl (C=O) groups is 1. The van der Waals surface area contributed by atoms with E-state index in [1.165, 1.54) is 12.1 Å². The van der Waals surface area contributed by atoms with Crippen molar-refractivity contribution in [3.05, 3.63) is 35.6 Å². The average Bonchev–Trinajstić information content (AvgIpc) is 2.24. The highest BCUT2D eigenvalue weighted by Gasteiger charge is 2.38. The van der Waals surface area contributed by atoms with Crippen LogP contribution in [0.2, 0.25) is 0 Å². The van der Waals surface area contributed by atoms with Gasteiger partial charge in [-0.15, -0.1) is 0 Å². The van der Waals surface area contributed by atoms with Crippen LogP contribution in [0.1, 0.15) is 10.4 Å². The van der Waals surface area contributed by atoms with Gasteiger partial charge in [0.05, 0.1) is 0 Å². The van der Waals surface area contributed by atoms with Gasteiger partial charge in [0.15, 0.2) is 5.78 Å². The molecule has 1 aromatic rings. The molecule has 8 heteroatoms. The number of hydrogen-bond donors (Lipinski definition) is 0. The molecule has 0 spiro atoms. The summed E-state index contributed by atoms with van der Waals surface area (Å²) >= 11 is -3.55. The molecule has 0 N–H and O–H groups in total. The van der Waals surface area contributed by atoms with Crippen LogP contribution in [0.4, 0.5) is 17.6 Å². The zero-order valence-electron chi connectivity index (χ0n) is 8.16. The summed E-state index contributed by atoms with van der Waals surface area (Å²) in [5.74, 6) is -1.59. The van der Waals surface area contributed by atoms with Gasteiger partial charge in [0.1, 0.15) is 12.4 Å². The Morgan fingerprint density at radius 2 is 2.00 bits per heavy atom. The van der Waals surface area contributed by atoms with E-state index in [1.54, 1.807) is 0 Å². The third kappa shape index (κ3) is 4.23. The van der Waals surface area contributed by atoms with Gasteiger partial charge in [-0.05, 0) is 12.1 Å². The normalized spacial score (nSPS) is 13.4. The fourth-order valence-electron chi connectivity index (χ4n) is 0.919. The molecule has 0 saturated heterocycles. The molecule has 17 heavy (non-hydrogen) atoms. The van der Waals surface area contributed by atoms with Crippen molar-refractivity contribution in [2.75, 3.05) is 6.61 Å². The van der Waals surface area contributed by atoms with E-state index in [9.17, 15) is 26.6 Å². The van der Waals surface area contributed by atoms with Gasteiger partial charge in [0.25, 0.3) is 11.1 Å². The third-order valence-corrected chi connectivity index (χ3v) is 2.34. The fourth-order valence-corrected chi connectivity index (χ4v) is 1.27. The predicted molar refractivity (Wildman–Crippen MR) is 50.9 cm³/mol. The van der Waals surface area contributed by atoms with Crippen LogP contribution in [0.25, 0.3) is 0 Å². The summed E-state index contributed by atoms with van der Waals surface area (Å²) in [6.07, 6.45) is 0. The van der Waals surface area contributed by atoms with E-state index in [1.807, 2.05) is 0 Å². The third-order valence-electron chi connectivity index (χ3n) is 1.63. The molecular weight excluding hydrogens is 264 g/mol. The number of ketones is 1. The summed E-state index contributed by atoms with van der Waals surface area (Å²) in [5.41, 5.74) is -5.19. The van der Waals surface area contributed by atoms with Gasteiger partial charge in [0.2, 0.25) is 0 Å². The quantitative estimate of drug-likeness (QED) is 0.622. The molecule has 0 fully saturated rings. The van der Waals surface area contributed by atoms with E-state index in [0.29, 0.717) is 0 Å². The van der Waals surface area contributed by atoms with Gasteiger partial charge in [-0.3, -0.25) is 8.98 Å². The summed E-state index contributed by atoms with van der Waals surface area (Å²) in [5, 5.41) is 0. The van der Waals surface area contributed by atoms with E-state index in [-0.39, 0.29) is 5.56 Å². The molecule has 0 bridgehead atoms. The lowest BCUT2D eigenvalue weighted by molar-refractivity contribution is -0.0467. The van der Waals surface area contributed by atoms with E-state index >= 15 is 0 Å². The Morgan fingerprint density at radius 3 is 2.53 bits per heavy atom. The molecule has 94 valence electrons. The predicted octanol–water partition coefficient (Wildman–Crippen LogP) is 2.21. The van der Waals surface area contributed by atoms with Gasteiger partial charge in [-0.25, -0.2) is 8.60 Å². The summed E-state index contributed by atoms with van der Waals surface area (Å²) in [6.45, 7) is -1.03. The van der Waals surface area contributed by atoms with Gasteiger partial charge >= 0.3 is 5.51 Å². The number of rotatable bonds is 4. The van der Waals surface area contributed by atoms with Crippen molar-refractivity contribution in [2.45, 2.75) is 5.51 Å². The van der Waals surface area contributed by atoms with Crippen LogP contribution in [0.15, 0.2) is 24.3 Å². The Labute approximate surface area is 96.0 Å². The number of halogens is 4. The lowest BCUT2D eigenvalue weighted by Crippen LogP contribution is -2.21. The molecular formula is C9H6F4O3S. The molecule has 0 saturated carbocycles. The molecule has 0 aliphatic rings. The van der Waals surface area contributed by atoms with Crippen LogP contribution in [0.3, 0.4) is 0 Å². The number of alkyl halides is 3. The van der Waals surface area contributed by atoms with Crippen molar-refractivity contribution in [2.24, 2.45) is 0 Å². The number of hydrogen-bond acceptors (Lipinski definition) is 3. The topological polar surface area (TPSA) is 43.4 Å². The fraction of sp³-hybridized carbons (Fsp3) is 0.222. The molecule has 0 heterocycles. The zero-order chi connectivity index (χ0) is 13.1. The minimum Gasteiger partial charge on any atom is -0.291 e. The van der Waals surface area contributed by atoms with Crippen LogP contribution in [0, 0.1) is 5.82 Å². The maximum absolute atomic E-state index is 12.7. The van der Waals surface area contributed by atoms with Crippen molar-refractivity contribution >= 4 is 16.9 Å². The zero-order valence-corrected chi connectivity index (χ0v) is 8.98. The van der Waals surface area contributed by atoms with Crippen molar-refractivity contribution in [1.29, 1.82) is 0 Å². The van der Waals surface area contributed by atoms with Crippen molar-refractivity contribution in [3.63, 3.8) is 0 Å². The van der Waals surface area contributed by atoms with E-state index in [2.05, 4.69) is 4.18 Å². The number of Topliss-reactive ketones (excluding diaryl/α,β-unsaturated/α-hetero) is 1. The first-order valence-corrected chi connectivity index (χ1v) is 5.29. The van der Waals surface area contributed by atoms with Crippen LogP contribution < -0.4 is 0 Å². The highest BCUT2D eigenvalue weighted by Crippen LogP contribution is 2.20. The highest BCUT2D eigenvalue weighted by atomic mass is 32.2. The lowest BCUT2D eigenvalue weighted by atomic mass is 10.1. The summed E-state index contributed by atoms with van der Waals surface area (Å²) in [7, 11) is 0. The van der Waals surface area contributed by atoms with Crippen molar-refractivity contribution in [3.8, 4) is 0 Å². The lowest BCUT2D eigenvalue weighted by Gasteiger charge is -2.05. The Kier molecular flexibility index (Phi) is 4.35. The van der Waals surface area contributed by atoms with Crippen molar-refractivity contribution in [1.82, 2.24) is 0 Å². The number of benzene rings is 1. The standard InChI is InChI=1S/C9H6F4O3S/c10-7-3-1-2-6(4-7)8(14)5-16-17(15)9(11,12)13/h1-4H,5H2. The largest absolute Gasteiger partial charge is 0.497 e. The average molecular weight is 270 g/mol. The first-order valence-electron chi connectivity index (χ1n) is 4.21. The molecule has 0 aliphatic heterocycles. The second kappa shape index (κ2) is 5.37. The summed E-state index contributed by atoms with van der Waals surface area (Å²) in [4.78, 5) is 11.2. The Morgan fingerprint density at radius 1 is 1.35 bits per heavy atom. The minimum atomic E-state index is -5.04. The van der Waals surface area contributed by atoms with E-state index in [4.69, 9.17) is 0 Å². The van der Waals surface area contributed by atoms with Gasteiger partial charge in [0, 0.05) is 5.56 Å². The minimum absolute atomic E-state index is 0.149. The Hall–Kier alpha value is -1.28. The molecule has 0 aliphatic carbocycles. The monoisotopic (exact) mass is 270 g/mol. The molecule has 1 rings (SSSR count). The second-order valence-corrected chi connectivity index (χ2v) is 4.04. The van der Waals surface area contributed by atoms with Gasteiger partial charge < -0.3 is 0 Å². The van der Waals surface area contributed by atoms with Crippen LogP contribution in [0.5, 0.6) is 0 Å². The molecule has 0 radical (unpaired) electrons. The maximum Gasteiger partial charge on any atom is 0.497 e. The van der Waals surface area contributed by atoms with Gasteiger partial charge in [-0.2, -0.15) is 13.2 Å². The van der Waals surface area contributed by atoms with Crippen LogP contribution in [-0.4, -0.2) is 22.1 Å². The van der Waals surface area contributed by atoms with Crippen molar-refractivity contribution < 1.29 is 30.7 Å². The number of carbonyl (C=O) groups excluding carboxylic acids is 1. The van der Waals surface area contributed by atoms with E-state index < -0.39 is 34.8 Å². The highest BCUT2D eigenvalue weighted by molar-refractivity contribution is 7.81. The molecule has 1 aromatic carbocycles. The SMILES string of the molecule is O=C(COS(=O)C(F)(F)F)c1cccc(F)c1. The van der Waals surface area contributed by atoms with E-state index in [0.717, 1.165) is 12.1 Å².